The molecule has 1 aliphatic carbocycles. The van der Waals surface area contributed by atoms with Crippen molar-refractivity contribution in [2.24, 2.45) is 5.73 Å². The van der Waals surface area contributed by atoms with Crippen LogP contribution < -0.4 is 11.1 Å². The lowest BCUT2D eigenvalue weighted by Crippen LogP contribution is -2.50. The molecule has 7 heteroatoms. The van der Waals surface area contributed by atoms with Crippen LogP contribution >= 0.6 is 0 Å². The van der Waals surface area contributed by atoms with Crippen molar-refractivity contribution < 1.29 is 14.3 Å². The van der Waals surface area contributed by atoms with E-state index in [4.69, 9.17) is 10.5 Å². The highest BCUT2D eigenvalue weighted by Crippen LogP contribution is 2.18. The summed E-state index contributed by atoms with van der Waals surface area (Å²) in [6, 6.07) is 0.329. The minimum atomic E-state index is -0.0786. The molecule has 7 nitrogen and oxygen atoms in total. The Balaban J connectivity index is 1.70. The molecule has 1 heterocycles. The molecule has 2 aliphatic rings. The largest absolute Gasteiger partial charge is 0.374 e. The summed E-state index contributed by atoms with van der Waals surface area (Å²) in [6.45, 7) is 2.90. The van der Waals surface area contributed by atoms with E-state index in [1.54, 1.807) is 7.05 Å². The third kappa shape index (κ3) is 4.73. The quantitative estimate of drug-likeness (QED) is 0.612. The number of amides is 2. The minimum absolute atomic E-state index is 0.0000198. The summed E-state index contributed by atoms with van der Waals surface area (Å²) in [5.74, 6) is -0.126. The first kappa shape index (κ1) is 15.2. The lowest BCUT2D eigenvalue weighted by Gasteiger charge is -2.32. The number of likely N-dealkylation sites (N-methyl/N-ethyl adjacent to an activating group) is 1. The van der Waals surface area contributed by atoms with E-state index in [0.29, 0.717) is 32.3 Å². The van der Waals surface area contributed by atoms with Crippen LogP contribution in [-0.2, 0) is 14.3 Å². The lowest BCUT2D eigenvalue weighted by molar-refractivity contribution is -0.137. The second-order valence-electron chi connectivity index (χ2n) is 5.56. The Morgan fingerprint density at radius 1 is 1.45 bits per heavy atom. The number of hydrogen-bond donors (Lipinski definition) is 2. The van der Waals surface area contributed by atoms with Crippen LogP contribution in [0.4, 0.5) is 0 Å². The summed E-state index contributed by atoms with van der Waals surface area (Å²) in [4.78, 5) is 27.2. The van der Waals surface area contributed by atoms with Crippen LogP contribution in [0.15, 0.2) is 0 Å². The molecule has 1 saturated carbocycles. The van der Waals surface area contributed by atoms with Crippen LogP contribution in [0.1, 0.15) is 12.8 Å². The molecule has 1 aliphatic heterocycles. The number of nitrogens with two attached hydrogens (primary N) is 1. The smallest absolute Gasteiger partial charge is 0.239 e. The van der Waals surface area contributed by atoms with Crippen molar-refractivity contribution in [1.82, 2.24) is 15.1 Å². The Kier molecular flexibility index (Phi) is 5.33. The molecule has 0 aromatic heterocycles. The summed E-state index contributed by atoms with van der Waals surface area (Å²) >= 11 is 0. The third-order valence-electron chi connectivity index (χ3n) is 3.59. The molecule has 0 spiro atoms. The average Bonchev–Trinajstić information content (AvgIpc) is 3.22. The van der Waals surface area contributed by atoms with Crippen molar-refractivity contribution in [3.05, 3.63) is 0 Å². The molecule has 2 fully saturated rings. The fourth-order valence-electron chi connectivity index (χ4n) is 2.18. The molecule has 1 unspecified atom stereocenters. The van der Waals surface area contributed by atoms with Crippen LogP contribution in [0.25, 0.3) is 0 Å². The molecule has 0 aromatic rings. The summed E-state index contributed by atoms with van der Waals surface area (Å²) in [6.07, 6.45) is 2.11. The van der Waals surface area contributed by atoms with Crippen molar-refractivity contribution in [2.45, 2.75) is 25.0 Å². The SMILES string of the molecule is CN(CC(=O)NC1CC1)C(=O)CN1CCOC(CN)C1. The van der Waals surface area contributed by atoms with Gasteiger partial charge in [0.25, 0.3) is 0 Å². The van der Waals surface area contributed by atoms with Gasteiger partial charge in [0.1, 0.15) is 0 Å². The van der Waals surface area contributed by atoms with Gasteiger partial charge in [-0.05, 0) is 12.8 Å². The van der Waals surface area contributed by atoms with Gasteiger partial charge < -0.3 is 20.7 Å². The first-order valence-electron chi connectivity index (χ1n) is 7.16. The molecule has 2 amide bonds. The molecule has 114 valence electrons. The highest BCUT2D eigenvalue weighted by Gasteiger charge is 2.25. The van der Waals surface area contributed by atoms with E-state index in [2.05, 4.69) is 5.32 Å². The number of morpholine rings is 1. The van der Waals surface area contributed by atoms with Crippen molar-refractivity contribution in [2.75, 3.05) is 46.4 Å². The van der Waals surface area contributed by atoms with E-state index in [-0.39, 0.29) is 24.5 Å². The molecule has 0 radical (unpaired) electrons. The molecule has 0 aromatic carbocycles. The van der Waals surface area contributed by atoms with Gasteiger partial charge in [0.05, 0.1) is 25.8 Å². The summed E-state index contributed by atoms with van der Waals surface area (Å²) in [5.41, 5.74) is 5.57. The average molecular weight is 284 g/mol. The summed E-state index contributed by atoms with van der Waals surface area (Å²) < 4.78 is 5.46. The Bertz CT molecular complexity index is 360. The van der Waals surface area contributed by atoms with Crippen LogP contribution in [-0.4, -0.2) is 80.1 Å². The highest BCUT2D eigenvalue weighted by atomic mass is 16.5. The van der Waals surface area contributed by atoms with Gasteiger partial charge in [-0.1, -0.05) is 0 Å². The maximum absolute atomic E-state index is 12.1. The number of nitrogens with zero attached hydrogens (tertiary/aromatic N) is 2. The summed E-state index contributed by atoms with van der Waals surface area (Å²) in [5, 5.41) is 2.88. The van der Waals surface area contributed by atoms with E-state index in [1.165, 1.54) is 4.90 Å². The van der Waals surface area contributed by atoms with Gasteiger partial charge in [-0.2, -0.15) is 0 Å². The zero-order valence-electron chi connectivity index (χ0n) is 12.0. The van der Waals surface area contributed by atoms with Gasteiger partial charge in [-0.15, -0.1) is 0 Å². The normalized spacial score (nSPS) is 23.4. The minimum Gasteiger partial charge on any atom is -0.374 e. The fourth-order valence-corrected chi connectivity index (χ4v) is 2.18. The van der Waals surface area contributed by atoms with Gasteiger partial charge in [0.2, 0.25) is 11.8 Å². The third-order valence-corrected chi connectivity index (χ3v) is 3.59. The Labute approximate surface area is 119 Å². The molecule has 1 atom stereocenters. The highest BCUT2D eigenvalue weighted by molar-refractivity contribution is 5.85. The predicted molar refractivity (Wildman–Crippen MR) is 74.0 cm³/mol. The molecular weight excluding hydrogens is 260 g/mol. The number of hydrogen-bond acceptors (Lipinski definition) is 5. The first-order chi connectivity index (χ1) is 9.58. The second kappa shape index (κ2) is 7.01. The van der Waals surface area contributed by atoms with Crippen LogP contribution in [0.5, 0.6) is 0 Å². The first-order valence-corrected chi connectivity index (χ1v) is 7.16. The molecule has 0 bridgehead atoms. The Morgan fingerprint density at radius 3 is 2.85 bits per heavy atom. The van der Waals surface area contributed by atoms with Crippen LogP contribution in [0.3, 0.4) is 0 Å². The maximum Gasteiger partial charge on any atom is 0.239 e. The number of carbonyl (C=O) groups is 2. The van der Waals surface area contributed by atoms with E-state index in [1.807, 2.05) is 4.90 Å². The predicted octanol–water partition coefficient (Wildman–Crippen LogP) is -1.62. The maximum atomic E-state index is 12.1. The van der Waals surface area contributed by atoms with Gasteiger partial charge in [0.15, 0.2) is 0 Å². The van der Waals surface area contributed by atoms with Crippen molar-refractivity contribution in [3.8, 4) is 0 Å². The van der Waals surface area contributed by atoms with E-state index in [0.717, 1.165) is 19.4 Å². The molecule has 3 N–H and O–H groups in total. The second-order valence-corrected chi connectivity index (χ2v) is 5.56. The van der Waals surface area contributed by atoms with Gasteiger partial charge in [-0.25, -0.2) is 0 Å². The van der Waals surface area contributed by atoms with E-state index in [9.17, 15) is 9.59 Å². The Hall–Kier alpha value is -1.18. The van der Waals surface area contributed by atoms with E-state index >= 15 is 0 Å². The van der Waals surface area contributed by atoms with E-state index < -0.39 is 0 Å². The zero-order valence-corrected chi connectivity index (χ0v) is 12.0. The van der Waals surface area contributed by atoms with Crippen molar-refractivity contribution in [3.63, 3.8) is 0 Å². The number of nitrogens with one attached hydrogen (secondary N) is 1. The number of carbonyl (C=O) groups excluding carboxylic acids is 2. The van der Waals surface area contributed by atoms with Crippen LogP contribution in [0.2, 0.25) is 0 Å². The molecule has 20 heavy (non-hydrogen) atoms. The van der Waals surface area contributed by atoms with Gasteiger partial charge in [-0.3, -0.25) is 14.5 Å². The van der Waals surface area contributed by atoms with Crippen molar-refractivity contribution in [1.29, 1.82) is 0 Å². The lowest BCUT2D eigenvalue weighted by atomic mass is 10.2. The standard InChI is InChI=1S/C13H24N4O3/c1-16(8-12(18)15-10-2-3-10)13(19)9-17-4-5-20-11(6-14)7-17/h10-11H,2-9,14H2,1H3,(H,15,18). The Morgan fingerprint density at radius 2 is 2.20 bits per heavy atom. The molecule has 1 saturated heterocycles. The monoisotopic (exact) mass is 284 g/mol. The number of rotatable bonds is 6. The fraction of sp³-hybridized carbons (Fsp3) is 0.846. The van der Waals surface area contributed by atoms with Crippen LogP contribution in [0, 0.1) is 0 Å². The molecular formula is C13H24N4O3. The van der Waals surface area contributed by atoms with Gasteiger partial charge >= 0.3 is 0 Å². The van der Waals surface area contributed by atoms with Gasteiger partial charge in [0, 0.05) is 32.7 Å². The molecule has 2 rings (SSSR count). The zero-order chi connectivity index (χ0) is 14.5. The summed E-state index contributed by atoms with van der Waals surface area (Å²) in [7, 11) is 1.66. The van der Waals surface area contributed by atoms with Crippen molar-refractivity contribution >= 4 is 11.8 Å². The topological polar surface area (TPSA) is 87.9 Å². The number of ether oxygens (including phenoxy) is 1.